The molecule has 6 nitrogen and oxygen atoms in total. The Morgan fingerprint density at radius 3 is 2.00 bits per heavy atom. The summed E-state index contributed by atoms with van der Waals surface area (Å²) in [4.78, 5) is 28.9. The van der Waals surface area contributed by atoms with E-state index in [1.165, 1.54) is 0 Å². The molecular formula is C21H24Cl2N4O2. The Morgan fingerprint density at radius 2 is 1.48 bits per heavy atom. The van der Waals surface area contributed by atoms with Gasteiger partial charge < -0.3 is 10.6 Å². The molecule has 2 amide bonds. The molecule has 8 heteroatoms. The van der Waals surface area contributed by atoms with E-state index in [4.69, 9.17) is 23.2 Å². The highest BCUT2D eigenvalue weighted by Crippen LogP contribution is 2.17. The summed E-state index contributed by atoms with van der Waals surface area (Å²) in [7, 11) is 0. The highest BCUT2D eigenvalue weighted by Gasteiger charge is 2.26. The average Bonchev–Trinajstić information content (AvgIpc) is 2.64. The van der Waals surface area contributed by atoms with Crippen LogP contribution in [-0.4, -0.2) is 60.4 Å². The number of halogens is 2. The Hall–Kier alpha value is -2.12. The molecular weight excluding hydrogens is 411 g/mol. The maximum absolute atomic E-state index is 12.3. The summed E-state index contributed by atoms with van der Waals surface area (Å²) < 4.78 is 0. The molecule has 0 saturated carbocycles. The summed E-state index contributed by atoms with van der Waals surface area (Å²) in [5.41, 5.74) is 1.37. The SMILES string of the molecule is CC1CN(CC(=O)Nc2cccc(Cl)c2)CCN1CC(=O)Nc1cccc(Cl)c1. The number of benzene rings is 2. The van der Waals surface area contributed by atoms with Gasteiger partial charge in [-0.3, -0.25) is 19.4 Å². The minimum Gasteiger partial charge on any atom is -0.325 e. The Labute approximate surface area is 180 Å². The Bertz CT molecular complexity index is 877. The van der Waals surface area contributed by atoms with Crippen LogP contribution < -0.4 is 10.6 Å². The van der Waals surface area contributed by atoms with Crippen LogP contribution in [0.15, 0.2) is 48.5 Å². The highest BCUT2D eigenvalue weighted by molar-refractivity contribution is 6.31. The van der Waals surface area contributed by atoms with E-state index in [2.05, 4.69) is 27.4 Å². The zero-order valence-electron chi connectivity index (χ0n) is 16.2. The summed E-state index contributed by atoms with van der Waals surface area (Å²) in [6.07, 6.45) is 0. The van der Waals surface area contributed by atoms with Gasteiger partial charge in [0.2, 0.25) is 11.8 Å². The van der Waals surface area contributed by atoms with E-state index in [0.29, 0.717) is 47.6 Å². The Kier molecular flexibility index (Phi) is 7.50. The van der Waals surface area contributed by atoms with Gasteiger partial charge in [0.25, 0.3) is 0 Å². The lowest BCUT2D eigenvalue weighted by molar-refractivity contribution is -0.120. The van der Waals surface area contributed by atoms with E-state index < -0.39 is 0 Å². The summed E-state index contributed by atoms with van der Waals surface area (Å²) in [5.74, 6) is -0.155. The quantitative estimate of drug-likeness (QED) is 0.728. The zero-order valence-corrected chi connectivity index (χ0v) is 17.7. The first-order valence-corrected chi connectivity index (χ1v) is 10.2. The minimum atomic E-state index is -0.0775. The van der Waals surface area contributed by atoms with Crippen LogP contribution in [-0.2, 0) is 9.59 Å². The standard InChI is InChI=1S/C21H24Cl2N4O2/c1-15-12-26(13-20(28)24-18-6-2-4-16(22)10-18)8-9-27(15)14-21(29)25-19-7-3-5-17(23)11-19/h2-7,10-11,15H,8-9,12-14H2,1H3,(H,24,28)(H,25,29). The van der Waals surface area contributed by atoms with E-state index in [1.54, 1.807) is 36.4 Å². The smallest absolute Gasteiger partial charge is 0.238 e. The molecule has 1 heterocycles. The monoisotopic (exact) mass is 434 g/mol. The average molecular weight is 435 g/mol. The number of amides is 2. The summed E-state index contributed by atoms with van der Waals surface area (Å²) in [6.45, 7) is 4.82. The zero-order chi connectivity index (χ0) is 20.8. The summed E-state index contributed by atoms with van der Waals surface area (Å²) in [5, 5.41) is 6.91. The molecule has 154 valence electrons. The second kappa shape index (κ2) is 10.1. The van der Waals surface area contributed by atoms with Crippen LogP contribution >= 0.6 is 23.2 Å². The predicted molar refractivity (Wildman–Crippen MR) is 118 cm³/mol. The largest absolute Gasteiger partial charge is 0.325 e. The number of rotatable bonds is 6. The molecule has 1 atom stereocenters. The van der Waals surface area contributed by atoms with E-state index in [-0.39, 0.29) is 17.9 Å². The number of carbonyl (C=O) groups excluding carboxylic acids is 2. The van der Waals surface area contributed by atoms with Crippen molar-refractivity contribution in [3.05, 3.63) is 58.6 Å². The van der Waals surface area contributed by atoms with Crippen molar-refractivity contribution in [2.75, 3.05) is 43.4 Å². The Balaban J connectivity index is 1.45. The van der Waals surface area contributed by atoms with Crippen LogP contribution in [0.5, 0.6) is 0 Å². The molecule has 1 aliphatic heterocycles. The van der Waals surface area contributed by atoms with E-state index in [1.807, 2.05) is 12.1 Å². The molecule has 29 heavy (non-hydrogen) atoms. The van der Waals surface area contributed by atoms with Gasteiger partial charge in [-0.15, -0.1) is 0 Å². The molecule has 0 aliphatic carbocycles. The van der Waals surface area contributed by atoms with Gasteiger partial charge in [0.05, 0.1) is 13.1 Å². The number of nitrogens with one attached hydrogen (secondary N) is 2. The number of nitrogens with zero attached hydrogens (tertiary/aromatic N) is 2. The van der Waals surface area contributed by atoms with Gasteiger partial charge in [0.15, 0.2) is 0 Å². The van der Waals surface area contributed by atoms with Crippen LogP contribution in [0.25, 0.3) is 0 Å². The van der Waals surface area contributed by atoms with Crippen molar-refractivity contribution in [1.82, 2.24) is 9.80 Å². The van der Waals surface area contributed by atoms with E-state index in [9.17, 15) is 9.59 Å². The molecule has 1 saturated heterocycles. The second-order valence-corrected chi connectivity index (χ2v) is 8.04. The third-order valence-corrected chi connectivity index (χ3v) is 5.25. The van der Waals surface area contributed by atoms with E-state index in [0.717, 1.165) is 6.54 Å². The molecule has 1 unspecified atom stereocenters. The fourth-order valence-electron chi connectivity index (χ4n) is 3.37. The highest BCUT2D eigenvalue weighted by atomic mass is 35.5. The molecule has 2 aromatic carbocycles. The van der Waals surface area contributed by atoms with Crippen molar-refractivity contribution in [1.29, 1.82) is 0 Å². The number of carbonyl (C=O) groups is 2. The van der Waals surface area contributed by atoms with Gasteiger partial charge in [-0.05, 0) is 43.3 Å². The molecule has 0 aromatic heterocycles. The van der Waals surface area contributed by atoms with Crippen LogP contribution in [0.2, 0.25) is 10.0 Å². The number of hydrogen-bond acceptors (Lipinski definition) is 4. The van der Waals surface area contributed by atoms with Crippen LogP contribution in [0.3, 0.4) is 0 Å². The molecule has 1 aliphatic rings. The third-order valence-electron chi connectivity index (χ3n) is 4.78. The first kappa shape index (κ1) is 21.6. The molecule has 0 bridgehead atoms. The van der Waals surface area contributed by atoms with Gasteiger partial charge in [0, 0.05) is 47.1 Å². The molecule has 3 rings (SSSR count). The Morgan fingerprint density at radius 1 is 0.931 bits per heavy atom. The van der Waals surface area contributed by atoms with Crippen molar-refractivity contribution in [2.45, 2.75) is 13.0 Å². The van der Waals surface area contributed by atoms with E-state index >= 15 is 0 Å². The molecule has 0 radical (unpaired) electrons. The van der Waals surface area contributed by atoms with Crippen LogP contribution in [0.1, 0.15) is 6.92 Å². The molecule has 2 N–H and O–H groups in total. The van der Waals surface area contributed by atoms with Gasteiger partial charge in [-0.25, -0.2) is 0 Å². The van der Waals surface area contributed by atoms with Crippen molar-refractivity contribution in [3.63, 3.8) is 0 Å². The topological polar surface area (TPSA) is 64.7 Å². The molecule has 2 aromatic rings. The lowest BCUT2D eigenvalue weighted by Crippen LogP contribution is -2.54. The number of anilines is 2. The fourth-order valence-corrected chi connectivity index (χ4v) is 3.75. The predicted octanol–water partition coefficient (Wildman–Crippen LogP) is 3.58. The first-order chi connectivity index (χ1) is 13.9. The van der Waals surface area contributed by atoms with Gasteiger partial charge in [-0.1, -0.05) is 35.3 Å². The lowest BCUT2D eigenvalue weighted by atomic mass is 10.2. The maximum Gasteiger partial charge on any atom is 0.238 e. The van der Waals surface area contributed by atoms with Crippen molar-refractivity contribution >= 4 is 46.4 Å². The number of hydrogen-bond donors (Lipinski definition) is 2. The van der Waals surface area contributed by atoms with Crippen molar-refractivity contribution in [3.8, 4) is 0 Å². The van der Waals surface area contributed by atoms with Gasteiger partial charge >= 0.3 is 0 Å². The fraction of sp³-hybridized carbons (Fsp3) is 0.333. The summed E-state index contributed by atoms with van der Waals surface area (Å²) in [6, 6.07) is 14.3. The second-order valence-electron chi connectivity index (χ2n) is 7.17. The first-order valence-electron chi connectivity index (χ1n) is 9.46. The molecule has 1 fully saturated rings. The van der Waals surface area contributed by atoms with Gasteiger partial charge in [-0.2, -0.15) is 0 Å². The van der Waals surface area contributed by atoms with Crippen molar-refractivity contribution < 1.29 is 9.59 Å². The van der Waals surface area contributed by atoms with Crippen molar-refractivity contribution in [2.24, 2.45) is 0 Å². The lowest BCUT2D eigenvalue weighted by Gasteiger charge is -2.39. The summed E-state index contributed by atoms with van der Waals surface area (Å²) >= 11 is 11.9. The molecule has 0 spiro atoms. The normalized spacial score (nSPS) is 17.7. The van der Waals surface area contributed by atoms with Crippen LogP contribution in [0.4, 0.5) is 11.4 Å². The third kappa shape index (κ3) is 6.72. The maximum atomic E-state index is 12.3. The minimum absolute atomic E-state index is 0.0772. The number of piperazine rings is 1. The van der Waals surface area contributed by atoms with Crippen LogP contribution in [0, 0.1) is 0 Å². The van der Waals surface area contributed by atoms with Gasteiger partial charge in [0.1, 0.15) is 0 Å².